The van der Waals surface area contributed by atoms with Crippen molar-refractivity contribution in [2.24, 2.45) is 0 Å². The fourth-order valence-electron chi connectivity index (χ4n) is 3.29. The number of benzene rings is 1. The number of alkyl halides is 3. The Morgan fingerprint density at radius 2 is 1.68 bits per heavy atom. The summed E-state index contributed by atoms with van der Waals surface area (Å²) in [5.74, 6) is 0.499. The third kappa shape index (κ3) is 13.2. The number of carbonyl (C=O) groups is 1. The van der Waals surface area contributed by atoms with Crippen molar-refractivity contribution < 1.29 is 45.8 Å². The van der Waals surface area contributed by atoms with E-state index >= 15 is 0 Å². The number of aromatic nitrogens is 1. The van der Waals surface area contributed by atoms with Crippen LogP contribution in [0.4, 0.5) is 18.0 Å². The van der Waals surface area contributed by atoms with E-state index in [2.05, 4.69) is 10.3 Å². The van der Waals surface area contributed by atoms with Gasteiger partial charge in [0.05, 0.1) is 24.9 Å². The van der Waals surface area contributed by atoms with E-state index in [1.807, 2.05) is 0 Å². The van der Waals surface area contributed by atoms with Gasteiger partial charge in [-0.2, -0.15) is 13.2 Å². The van der Waals surface area contributed by atoms with Crippen molar-refractivity contribution in [2.75, 3.05) is 19.8 Å². The first-order valence-electron chi connectivity index (χ1n) is 12.7. The van der Waals surface area contributed by atoms with E-state index in [-0.39, 0.29) is 36.8 Å². The number of ether oxygens (including phenoxy) is 3. The minimum Gasteiger partial charge on any atom is -0.487 e. The Bertz CT molecular complexity index is 1190. The van der Waals surface area contributed by atoms with E-state index in [4.69, 9.17) is 34.9 Å². The zero-order valence-electron chi connectivity index (χ0n) is 23.5. The molecule has 0 saturated carbocycles. The van der Waals surface area contributed by atoms with Crippen molar-refractivity contribution >= 4 is 25.3 Å². The molecule has 9 nitrogen and oxygen atoms in total. The monoisotopic (exact) mass is 622 g/mol. The minimum absolute atomic E-state index is 0.00607. The molecule has 2 rings (SSSR count). The number of rotatable bonds is 14. The first-order valence-corrected chi connectivity index (χ1v) is 14.7. The smallest absolute Gasteiger partial charge is 0.422 e. The van der Waals surface area contributed by atoms with E-state index in [1.165, 1.54) is 24.4 Å². The van der Waals surface area contributed by atoms with Gasteiger partial charge in [-0.15, -0.1) is 0 Å². The Morgan fingerprint density at radius 3 is 2.24 bits per heavy atom. The normalized spacial score (nSPS) is 13.4. The average Bonchev–Trinajstić information content (AvgIpc) is 2.86. The van der Waals surface area contributed by atoms with Crippen molar-refractivity contribution in [1.82, 2.24) is 10.3 Å². The van der Waals surface area contributed by atoms with Gasteiger partial charge >= 0.3 is 19.9 Å². The van der Waals surface area contributed by atoms with Crippen LogP contribution >= 0.6 is 19.2 Å². The Balaban J connectivity index is 2.13. The summed E-state index contributed by atoms with van der Waals surface area (Å²) < 4.78 is 76.5. The molecule has 0 unspecified atom stereocenters. The summed E-state index contributed by atoms with van der Waals surface area (Å²) in [6.07, 6.45) is -2.16. The summed E-state index contributed by atoms with van der Waals surface area (Å²) >= 11 is 6.37. The molecule has 0 radical (unpaired) electrons. The highest BCUT2D eigenvalue weighted by molar-refractivity contribution is 7.61. The van der Waals surface area contributed by atoms with Gasteiger partial charge in [-0.05, 0) is 70.9 Å². The predicted octanol–water partition coefficient (Wildman–Crippen LogP) is 7.38. The topological polar surface area (TPSA) is 105 Å². The van der Waals surface area contributed by atoms with Gasteiger partial charge in [0.1, 0.15) is 28.5 Å². The highest BCUT2D eigenvalue weighted by atomic mass is 35.5. The lowest BCUT2D eigenvalue weighted by Crippen LogP contribution is -2.39. The van der Waals surface area contributed by atoms with Gasteiger partial charge in [-0.1, -0.05) is 23.7 Å². The highest BCUT2D eigenvalue weighted by Gasteiger charge is 2.30. The molecular formula is C27H35ClF3N2O7P. The summed E-state index contributed by atoms with van der Waals surface area (Å²) in [6, 6.07) is 8.83. The number of amides is 1. The van der Waals surface area contributed by atoms with Crippen LogP contribution in [-0.2, 0) is 31.4 Å². The molecule has 1 aromatic carbocycles. The molecule has 1 N–H and O–H groups in total. The maximum absolute atomic E-state index is 13.1. The van der Waals surface area contributed by atoms with Crippen molar-refractivity contribution in [2.45, 2.75) is 65.5 Å². The standard InChI is InChI=1S/C27H35ClF3N2O7P/c1-6-38-41(35,39-7-2)24(28)16-20(33-25(34)40-26(3,4)5)14-19-8-10-22(11-9-19)36-17-21-15-23(12-13-32-21)37-18-27(29,30)31/h8-13,15-16,20H,6-7,14,17-18H2,1-5H3,(H,33,34)/t20-/m1/s1. The molecule has 1 amide bonds. The zero-order chi connectivity index (χ0) is 30.7. The number of hydrogen-bond acceptors (Lipinski definition) is 8. The number of nitrogens with zero attached hydrogens (tertiary/aromatic N) is 1. The van der Waals surface area contributed by atoms with Crippen LogP contribution in [0.1, 0.15) is 45.9 Å². The summed E-state index contributed by atoms with van der Waals surface area (Å²) in [6.45, 7) is 7.29. The minimum atomic E-state index is -4.45. The second-order valence-electron chi connectivity index (χ2n) is 9.60. The number of nitrogens with one attached hydrogen (secondary N) is 1. The third-order valence-electron chi connectivity index (χ3n) is 4.86. The van der Waals surface area contributed by atoms with Crippen molar-refractivity contribution in [3.8, 4) is 11.5 Å². The molecule has 1 aromatic heterocycles. The Kier molecular flexibility index (Phi) is 13.0. The van der Waals surface area contributed by atoms with Gasteiger partial charge in [0.25, 0.3) is 0 Å². The lowest BCUT2D eigenvalue weighted by atomic mass is 10.1. The Hall–Kier alpha value is -2.79. The first-order chi connectivity index (χ1) is 19.1. The molecule has 1 heterocycles. The lowest BCUT2D eigenvalue weighted by molar-refractivity contribution is -0.153. The summed E-state index contributed by atoms with van der Waals surface area (Å²) in [5.41, 5.74) is 0.400. The number of carbonyl (C=O) groups excluding carboxylic acids is 1. The molecule has 0 saturated heterocycles. The van der Waals surface area contributed by atoms with E-state index in [1.54, 1.807) is 58.9 Å². The fourth-order valence-corrected chi connectivity index (χ4v) is 5.10. The molecular weight excluding hydrogens is 588 g/mol. The Labute approximate surface area is 242 Å². The van der Waals surface area contributed by atoms with Gasteiger partial charge in [0.2, 0.25) is 0 Å². The van der Waals surface area contributed by atoms with Crippen molar-refractivity contribution in [3.63, 3.8) is 0 Å². The molecule has 0 aliphatic rings. The predicted molar refractivity (Wildman–Crippen MR) is 148 cm³/mol. The van der Waals surface area contributed by atoms with E-state index in [0.29, 0.717) is 11.4 Å². The van der Waals surface area contributed by atoms with Crippen molar-refractivity contribution in [1.29, 1.82) is 0 Å². The quantitative estimate of drug-likeness (QED) is 0.218. The maximum Gasteiger partial charge on any atom is 0.422 e. The van der Waals surface area contributed by atoms with Crippen LogP contribution in [-0.4, -0.2) is 48.7 Å². The Morgan fingerprint density at radius 1 is 1.05 bits per heavy atom. The molecule has 228 valence electrons. The van der Waals surface area contributed by atoms with E-state index in [0.717, 1.165) is 5.56 Å². The third-order valence-corrected chi connectivity index (χ3v) is 7.47. The molecule has 0 aliphatic heterocycles. The molecule has 0 fully saturated rings. The second kappa shape index (κ2) is 15.4. The van der Waals surface area contributed by atoms with Crippen LogP contribution in [0.5, 0.6) is 11.5 Å². The molecule has 0 bridgehead atoms. The summed E-state index contributed by atoms with van der Waals surface area (Å²) in [5, 5.41) is 2.72. The maximum atomic E-state index is 13.1. The van der Waals surface area contributed by atoms with Gasteiger partial charge < -0.3 is 28.6 Å². The first kappa shape index (κ1) is 34.4. The van der Waals surface area contributed by atoms with Crippen LogP contribution in [0.2, 0.25) is 0 Å². The number of pyridine rings is 1. The van der Waals surface area contributed by atoms with E-state index in [9.17, 15) is 22.5 Å². The average molecular weight is 623 g/mol. The lowest BCUT2D eigenvalue weighted by Gasteiger charge is -2.23. The largest absolute Gasteiger partial charge is 0.487 e. The molecule has 1 atom stereocenters. The van der Waals surface area contributed by atoms with E-state index < -0.39 is 38.1 Å². The number of halogens is 4. The van der Waals surface area contributed by atoms with Gasteiger partial charge in [0.15, 0.2) is 6.61 Å². The SMILES string of the molecule is CCOP(=O)(OCC)C(Cl)=C[C@@H](Cc1ccc(OCc2cc(OCC(F)(F)F)ccn2)cc1)NC(=O)OC(C)(C)C. The molecule has 0 spiro atoms. The molecule has 41 heavy (non-hydrogen) atoms. The van der Waals surface area contributed by atoms with Crippen LogP contribution < -0.4 is 14.8 Å². The highest BCUT2D eigenvalue weighted by Crippen LogP contribution is 2.57. The summed E-state index contributed by atoms with van der Waals surface area (Å²) in [4.78, 5) is 16.6. The van der Waals surface area contributed by atoms with Crippen LogP contribution in [0.25, 0.3) is 0 Å². The molecule has 14 heteroatoms. The van der Waals surface area contributed by atoms with Gasteiger partial charge in [0, 0.05) is 12.3 Å². The fraction of sp³-hybridized carbons (Fsp3) is 0.481. The number of alkyl carbamates (subject to hydrolysis) is 1. The molecule has 0 aliphatic carbocycles. The van der Waals surface area contributed by atoms with Crippen LogP contribution in [0.3, 0.4) is 0 Å². The van der Waals surface area contributed by atoms with Crippen LogP contribution in [0, 0.1) is 0 Å². The molecule has 2 aromatic rings. The van der Waals surface area contributed by atoms with Crippen LogP contribution in [0.15, 0.2) is 53.4 Å². The van der Waals surface area contributed by atoms with Crippen molar-refractivity contribution in [3.05, 3.63) is 64.7 Å². The zero-order valence-corrected chi connectivity index (χ0v) is 25.1. The second-order valence-corrected chi connectivity index (χ2v) is 12.3. The summed E-state index contributed by atoms with van der Waals surface area (Å²) in [7, 11) is -3.77. The number of hydrogen-bond donors (Lipinski definition) is 1. The van der Waals surface area contributed by atoms with Gasteiger partial charge in [-0.25, -0.2) is 4.79 Å². The van der Waals surface area contributed by atoms with Gasteiger partial charge in [-0.3, -0.25) is 9.55 Å².